The van der Waals surface area contributed by atoms with Crippen LogP contribution in [0, 0.1) is 11.8 Å². The van der Waals surface area contributed by atoms with Crippen molar-refractivity contribution in [1.29, 1.82) is 0 Å². The molecule has 1 aromatic rings. The molecule has 1 saturated heterocycles. The molecule has 0 aromatic carbocycles. The zero-order valence-corrected chi connectivity index (χ0v) is 24.5. The fourth-order valence-corrected chi connectivity index (χ4v) is 7.98. The van der Waals surface area contributed by atoms with Crippen LogP contribution in [-0.4, -0.2) is 63.5 Å². The van der Waals surface area contributed by atoms with E-state index < -0.39 is 59.8 Å². The summed E-state index contributed by atoms with van der Waals surface area (Å²) in [5, 5.41) is 10.2. The summed E-state index contributed by atoms with van der Waals surface area (Å²) in [5.74, 6) is 6.24. The Bertz CT molecular complexity index is 1310. The molecule has 1 aliphatic rings. The number of hydrogen-bond acceptors (Lipinski definition) is 12. The van der Waals surface area contributed by atoms with E-state index in [2.05, 4.69) is 50.7 Å². The number of nitrogens with one attached hydrogen (secondary N) is 1. The average molecular weight is 640 g/mol. The van der Waals surface area contributed by atoms with E-state index in [0.29, 0.717) is 12.2 Å². The highest BCUT2D eigenvalue weighted by atomic mass is 33.1. The van der Waals surface area contributed by atoms with Crippen molar-refractivity contribution in [3.05, 3.63) is 32.6 Å². The van der Waals surface area contributed by atoms with Crippen molar-refractivity contribution in [2.75, 3.05) is 12.4 Å². The Morgan fingerprint density at radius 3 is 2.42 bits per heavy atom. The molecule has 0 radical (unpaired) electrons. The van der Waals surface area contributed by atoms with Crippen molar-refractivity contribution < 1.29 is 56.3 Å². The normalized spacial score (nSPS) is 23.3. The molecule has 5 unspecified atom stereocenters. The lowest BCUT2D eigenvalue weighted by Gasteiger charge is -2.19. The van der Waals surface area contributed by atoms with Crippen LogP contribution in [0.2, 0.25) is 0 Å². The third-order valence-electron chi connectivity index (χ3n) is 4.14. The van der Waals surface area contributed by atoms with Gasteiger partial charge in [0.25, 0.3) is 5.56 Å². The first kappa shape index (κ1) is 33.5. The van der Waals surface area contributed by atoms with Crippen LogP contribution in [-0.2, 0) is 31.6 Å². The number of aliphatic hydroxyl groups excluding tert-OH is 1. The van der Waals surface area contributed by atoms with Gasteiger partial charge in [0.05, 0.1) is 12.7 Å². The summed E-state index contributed by atoms with van der Waals surface area (Å²) in [6.07, 6.45) is -2.46. The van der Waals surface area contributed by atoms with Crippen LogP contribution in [0.5, 0.6) is 0 Å². The molecular weight excluding hydrogens is 613 g/mol. The molecule has 2 rings (SSSR count). The molecule has 2 heterocycles. The van der Waals surface area contributed by atoms with Crippen LogP contribution in [0.3, 0.4) is 0 Å². The highest BCUT2D eigenvalue weighted by molar-refractivity contribution is 8.77. The van der Waals surface area contributed by atoms with Crippen LogP contribution in [0.4, 0.5) is 0 Å². The Morgan fingerprint density at radius 1 is 1.16 bits per heavy atom. The van der Waals surface area contributed by atoms with E-state index in [9.17, 15) is 38.2 Å². The molecule has 0 bridgehead atoms. The van der Waals surface area contributed by atoms with Gasteiger partial charge in [0, 0.05) is 29.5 Å². The highest BCUT2D eigenvalue weighted by Crippen LogP contribution is 2.66. The number of phosphoric acid groups is 3. The Kier molecular flexibility index (Phi) is 11.7. The van der Waals surface area contributed by atoms with E-state index in [0.717, 1.165) is 10.8 Å². The average Bonchev–Trinajstić information content (AvgIpc) is 3.07. The third kappa shape index (κ3) is 11.8. The fourth-order valence-electron chi connectivity index (χ4n) is 2.76. The molecule has 216 valence electrons. The molecule has 0 saturated carbocycles. The summed E-state index contributed by atoms with van der Waals surface area (Å²) >= 11 is 0. The number of ether oxygens (including phenoxy) is 1. The van der Waals surface area contributed by atoms with Gasteiger partial charge in [-0.15, -0.1) is 0 Å². The van der Waals surface area contributed by atoms with Crippen molar-refractivity contribution in [1.82, 2.24) is 9.55 Å². The topological polar surface area (TPSA) is 244 Å². The van der Waals surface area contributed by atoms with E-state index >= 15 is 0 Å². The fraction of sp³-hybridized carbons (Fsp3) is 0.647. The van der Waals surface area contributed by atoms with Gasteiger partial charge in [-0.3, -0.25) is 18.9 Å². The quantitative estimate of drug-likeness (QED) is 0.0867. The first-order valence-corrected chi connectivity index (χ1v) is 17.4. The maximum Gasteiger partial charge on any atom is 0.490 e. The van der Waals surface area contributed by atoms with Crippen LogP contribution < -0.4 is 11.2 Å². The molecule has 1 aromatic heterocycles. The van der Waals surface area contributed by atoms with Crippen LogP contribution >= 0.6 is 45.1 Å². The lowest BCUT2D eigenvalue weighted by Crippen LogP contribution is -2.33. The second kappa shape index (κ2) is 13.3. The Balaban J connectivity index is 2.03. The van der Waals surface area contributed by atoms with E-state index in [1.54, 1.807) is 21.6 Å². The van der Waals surface area contributed by atoms with Crippen molar-refractivity contribution in [2.24, 2.45) is 0 Å². The summed E-state index contributed by atoms with van der Waals surface area (Å²) in [4.78, 5) is 62.4. The van der Waals surface area contributed by atoms with E-state index in [1.807, 2.05) is 0 Å². The third-order valence-corrected chi connectivity index (χ3v) is 11.3. The van der Waals surface area contributed by atoms with Crippen LogP contribution in [0.25, 0.3) is 0 Å². The van der Waals surface area contributed by atoms with Crippen molar-refractivity contribution in [3.63, 3.8) is 0 Å². The van der Waals surface area contributed by atoms with Gasteiger partial charge in [-0.1, -0.05) is 54.2 Å². The summed E-state index contributed by atoms with van der Waals surface area (Å²) in [7, 11) is -13.4. The van der Waals surface area contributed by atoms with Gasteiger partial charge < -0.3 is 29.4 Å². The smallest absolute Gasteiger partial charge is 0.390 e. The predicted octanol–water partition coefficient (Wildman–Crippen LogP) is 1.45. The van der Waals surface area contributed by atoms with Gasteiger partial charge in [-0.2, -0.15) is 8.62 Å². The maximum absolute atomic E-state index is 12.3. The lowest BCUT2D eigenvalue weighted by atomic mass is 10.2. The molecule has 16 nitrogen and oxygen atoms in total. The monoisotopic (exact) mass is 640 g/mol. The van der Waals surface area contributed by atoms with Gasteiger partial charge in [-0.05, 0) is 0 Å². The van der Waals surface area contributed by atoms with Crippen LogP contribution in [0.15, 0.2) is 15.8 Å². The minimum atomic E-state index is -5.71. The summed E-state index contributed by atoms with van der Waals surface area (Å²) in [6, 6.07) is 0. The molecular formula is C17H27N2O14P3S2. The van der Waals surface area contributed by atoms with Crippen molar-refractivity contribution >= 4 is 45.1 Å². The van der Waals surface area contributed by atoms with E-state index in [-0.39, 0.29) is 16.7 Å². The Labute approximate surface area is 224 Å². The minimum absolute atomic E-state index is 0.0344. The maximum atomic E-state index is 12.3. The molecule has 5 atom stereocenters. The number of aliphatic hydroxyl groups is 1. The molecule has 0 spiro atoms. The number of aromatic amines is 1. The van der Waals surface area contributed by atoms with Gasteiger partial charge in [-0.25, -0.2) is 18.5 Å². The number of hydrogen-bond donors (Lipinski definition) is 6. The number of nitrogens with zero attached hydrogens (tertiary/aromatic N) is 1. The first-order chi connectivity index (χ1) is 17.3. The zero-order valence-electron chi connectivity index (χ0n) is 20.2. The SMILES string of the molecule is CC(C)(C)SSCCC#Cc1cn(C2CC(O)C(COP(=O)(O)OP(=O)(O)OP(=O)(O)O)O2)c(=O)[nH]c1=O. The van der Waals surface area contributed by atoms with E-state index in [1.165, 1.54) is 0 Å². The van der Waals surface area contributed by atoms with Crippen molar-refractivity contribution in [2.45, 2.75) is 56.8 Å². The summed E-state index contributed by atoms with van der Waals surface area (Å²) < 4.78 is 52.1. The van der Waals surface area contributed by atoms with Crippen molar-refractivity contribution in [3.8, 4) is 11.8 Å². The number of aromatic nitrogens is 2. The summed E-state index contributed by atoms with van der Waals surface area (Å²) in [6.45, 7) is 5.32. The Hall–Kier alpha value is -0.730. The zero-order chi connectivity index (χ0) is 28.9. The highest BCUT2D eigenvalue weighted by Gasteiger charge is 2.43. The summed E-state index contributed by atoms with van der Waals surface area (Å²) in [5.41, 5.74) is -1.63. The number of phosphoric ester groups is 1. The second-order valence-electron chi connectivity index (χ2n) is 8.60. The van der Waals surface area contributed by atoms with Gasteiger partial charge in [0.2, 0.25) is 0 Å². The lowest BCUT2D eigenvalue weighted by molar-refractivity contribution is -0.0450. The molecule has 1 aliphatic heterocycles. The largest absolute Gasteiger partial charge is 0.490 e. The molecule has 21 heteroatoms. The second-order valence-corrected chi connectivity index (χ2v) is 16.3. The van der Waals surface area contributed by atoms with Gasteiger partial charge in [0.1, 0.15) is 17.9 Å². The molecule has 1 fully saturated rings. The van der Waals surface area contributed by atoms with Crippen LogP contribution in [0.1, 0.15) is 45.4 Å². The predicted molar refractivity (Wildman–Crippen MR) is 137 cm³/mol. The number of H-pyrrole nitrogens is 1. The molecule has 0 aliphatic carbocycles. The molecule has 38 heavy (non-hydrogen) atoms. The molecule has 6 N–H and O–H groups in total. The first-order valence-electron chi connectivity index (χ1n) is 10.5. The van der Waals surface area contributed by atoms with Gasteiger partial charge in [0.15, 0.2) is 0 Å². The number of rotatable bonds is 11. The van der Waals surface area contributed by atoms with E-state index in [4.69, 9.17) is 14.5 Å². The van der Waals surface area contributed by atoms with Gasteiger partial charge >= 0.3 is 29.2 Å². The molecule has 0 amide bonds. The standard InChI is InChI=1S/C17H27N2O14P3S2/c1-17(2,3)38-37-7-5-4-6-11-9-19(16(22)18-15(11)21)14-8-12(20)13(31-14)10-30-35(26,27)33-36(28,29)32-34(23,24)25/h9,12-14,20H,5,7-8,10H2,1-3H3,(H,26,27)(H,28,29)(H,18,21,22)(H2,23,24,25). The minimum Gasteiger partial charge on any atom is -0.390 e. The Morgan fingerprint density at radius 2 is 1.82 bits per heavy atom.